The van der Waals surface area contributed by atoms with Crippen molar-refractivity contribution in [3.8, 4) is 22.7 Å². The number of hydrogen-bond donors (Lipinski definition) is 1. The summed E-state index contributed by atoms with van der Waals surface area (Å²) in [6.45, 7) is 4.03. The Labute approximate surface area is 198 Å². The first-order chi connectivity index (χ1) is 16.3. The zero-order chi connectivity index (χ0) is 24.7. The van der Waals surface area contributed by atoms with E-state index in [0.717, 1.165) is 5.56 Å². The van der Waals surface area contributed by atoms with E-state index in [1.807, 2.05) is 24.3 Å². The number of nitrogens with one attached hydrogen (secondary N) is 1. The number of imidazole rings is 1. The predicted molar refractivity (Wildman–Crippen MR) is 127 cm³/mol. The average Bonchev–Trinajstić information content (AvgIpc) is 3.25. The van der Waals surface area contributed by atoms with Crippen LogP contribution in [0.25, 0.3) is 16.9 Å². The molecule has 1 heterocycles. The molecule has 0 bridgehead atoms. The summed E-state index contributed by atoms with van der Waals surface area (Å²) in [4.78, 5) is 31.5. The Bertz CT molecular complexity index is 1110. The minimum atomic E-state index is -0.402. The molecule has 0 saturated carbocycles. The van der Waals surface area contributed by atoms with Gasteiger partial charge in [-0.3, -0.25) is 19.5 Å². The lowest BCUT2D eigenvalue weighted by molar-refractivity contribution is -0.138. The molecule has 0 unspecified atom stereocenters. The summed E-state index contributed by atoms with van der Waals surface area (Å²) in [7, 11) is 3.13. The summed E-state index contributed by atoms with van der Waals surface area (Å²) < 4.78 is 25.4. The first kappa shape index (κ1) is 24.9. The van der Waals surface area contributed by atoms with Gasteiger partial charge < -0.3 is 14.4 Å². The third-order valence-electron chi connectivity index (χ3n) is 5.15. The van der Waals surface area contributed by atoms with Gasteiger partial charge in [0.05, 0.1) is 19.4 Å². The van der Waals surface area contributed by atoms with Crippen molar-refractivity contribution in [3.63, 3.8) is 0 Å². The van der Waals surface area contributed by atoms with Crippen LogP contribution < -0.4 is 10.1 Å². The molecule has 3 rings (SSSR count). The molecule has 2 amide bonds. The smallest absolute Gasteiger partial charge is 0.246 e. The lowest BCUT2D eigenvalue weighted by atomic mass is 10.1. The molecule has 0 atom stereocenters. The molecule has 9 heteroatoms. The maximum atomic E-state index is 13.5. The molecule has 2 aromatic carbocycles. The Balaban J connectivity index is 1.90. The lowest BCUT2D eigenvalue weighted by Gasteiger charge is -2.23. The molecular formula is C25H29FN4O4. The molecular weight excluding hydrogens is 439 g/mol. The van der Waals surface area contributed by atoms with E-state index in [9.17, 15) is 14.0 Å². The average molecular weight is 469 g/mol. The zero-order valence-corrected chi connectivity index (χ0v) is 19.7. The fourth-order valence-corrected chi connectivity index (χ4v) is 3.34. The van der Waals surface area contributed by atoms with Crippen molar-refractivity contribution in [2.24, 2.45) is 5.92 Å². The summed E-state index contributed by atoms with van der Waals surface area (Å²) in [5, 5.41) is 2.80. The first-order valence-corrected chi connectivity index (χ1v) is 10.9. The highest BCUT2D eigenvalue weighted by atomic mass is 19.1. The number of rotatable bonds is 10. The van der Waals surface area contributed by atoms with Crippen molar-refractivity contribution in [1.29, 1.82) is 0 Å². The molecule has 180 valence electrons. The van der Waals surface area contributed by atoms with E-state index >= 15 is 0 Å². The lowest BCUT2D eigenvalue weighted by Crippen LogP contribution is -2.42. The molecule has 1 aromatic heterocycles. The number of ether oxygens (including phenoxy) is 2. The summed E-state index contributed by atoms with van der Waals surface area (Å²) in [5.74, 6) is -0.209. The van der Waals surface area contributed by atoms with Gasteiger partial charge in [-0.05, 0) is 48.5 Å². The molecule has 0 radical (unpaired) electrons. The van der Waals surface area contributed by atoms with E-state index in [2.05, 4.69) is 10.3 Å². The monoisotopic (exact) mass is 468 g/mol. The number of benzene rings is 2. The SMILES string of the molecule is COCCN(CC(=O)Nc1nc(-c2ccc(OC)cc2)cn1-c1ccc(F)cc1)C(=O)C(C)C. The number of halogens is 1. The van der Waals surface area contributed by atoms with E-state index in [1.165, 1.54) is 24.1 Å². The topological polar surface area (TPSA) is 85.7 Å². The molecule has 1 N–H and O–H groups in total. The number of methoxy groups -OCH3 is 2. The molecule has 0 aliphatic rings. The Morgan fingerprint density at radius 1 is 1.09 bits per heavy atom. The van der Waals surface area contributed by atoms with Crippen LogP contribution in [0.15, 0.2) is 54.7 Å². The van der Waals surface area contributed by atoms with Gasteiger partial charge in [0.15, 0.2) is 0 Å². The highest BCUT2D eigenvalue weighted by molar-refractivity contribution is 5.94. The van der Waals surface area contributed by atoms with E-state index in [4.69, 9.17) is 9.47 Å². The van der Waals surface area contributed by atoms with Crippen molar-refractivity contribution in [2.45, 2.75) is 13.8 Å². The standard InChI is InChI=1S/C25H29FN4O4/c1-17(2)24(32)29(13-14-33-3)16-23(31)28-25-27-22(18-5-11-21(34-4)12-6-18)15-30(25)20-9-7-19(26)8-10-20/h5-12,15,17H,13-14,16H2,1-4H3,(H,27,28,31). The molecule has 8 nitrogen and oxygen atoms in total. The summed E-state index contributed by atoms with van der Waals surface area (Å²) >= 11 is 0. The van der Waals surface area contributed by atoms with E-state index in [0.29, 0.717) is 30.3 Å². The number of amides is 2. The van der Waals surface area contributed by atoms with Crippen LogP contribution in [-0.2, 0) is 14.3 Å². The normalized spacial score (nSPS) is 10.9. The highest BCUT2D eigenvalue weighted by Crippen LogP contribution is 2.26. The molecule has 0 fully saturated rings. The van der Waals surface area contributed by atoms with Crippen molar-refractivity contribution in [1.82, 2.24) is 14.5 Å². The van der Waals surface area contributed by atoms with E-state index in [-0.39, 0.29) is 30.1 Å². The Morgan fingerprint density at radius 3 is 2.35 bits per heavy atom. The van der Waals surface area contributed by atoms with Gasteiger partial charge in [-0.2, -0.15) is 0 Å². The Hall–Kier alpha value is -3.72. The fraction of sp³-hybridized carbons (Fsp3) is 0.320. The molecule has 3 aromatic rings. The fourth-order valence-electron chi connectivity index (χ4n) is 3.34. The predicted octanol–water partition coefficient (Wildman–Crippen LogP) is 3.76. The van der Waals surface area contributed by atoms with Gasteiger partial charge in [0.25, 0.3) is 0 Å². The van der Waals surface area contributed by atoms with Crippen molar-refractivity contribution in [2.75, 3.05) is 39.2 Å². The van der Waals surface area contributed by atoms with E-state index in [1.54, 1.807) is 43.9 Å². The van der Waals surface area contributed by atoms with E-state index < -0.39 is 5.91 Å². The van der Waals surface area contributed by atoms with Gasteiger partial charge in [-0.1, -0.05) is 13.8 Å². The Kier molecular flexibility index (Phi) is 8.37. The largest absolute Gasteiger partial charge is 0.497 e. The summed E-state index contributed by atoms with van der Waals surface area (Å²) in [6, 6.07) is 13.2. The minimum absolute atomic E-state index is 0.144. The Morgan fingerprint density at radius 2 is 1.76 bits per heavy atom. The summed E-state index contributed by atoms with van der Waals surface area (Å²) in [5.41, 5.74) is 2.05. The second-order valence-electron chi connectivity index (χ2n) is 7.98. The molecule has 0 aliphatic carbocycles. The summed E-state index contributed by atoms with van der Waals surface area (Å²) in [6.07, 6.45) is 1.76. The second-order valence-corrected chi connectivity index (χ2v) is 7.98. The zero-order valence-electron chi connectivity index (χ0n) is 19.7. The van der Waals surface area contributed by atoms with Crippen LogP contribution >= 0.6 is 0 Å². The highest BCUT2D eigenvalue weighted by Gasteiger charge is 2.21. The van der Waals surface area contributed by atoms with Gasteiger partial charge >= 0.3 is 0 Å². The number of hydrogen-bond acceptors (Lipinski definition) is 5. The van der Waals surface area contributed by atoms with Crippen LogP contribution in [0.1, 0.15) is 13.8 Å². The number of aromatic nitrogens is 2. The van der Waals surface area contributed by atoms with Crippen molar-refractivity contribution < 1.29 is 23.5 Å². The number of anilines is 1. The quantitative estimate of drug-likeness (QED) is 0.490. The maximum Gasteiger partial charge on any atom is 0.246 e. The van der Waals surface area contributed by atoms with Crippen LogP contribution in [0.4, 0.5) is 10.3 Å². The number of carbonyl (C=O) groups excluding carboxylic acids is 2. The van der Waals surface area contributed by atoms with Gasteiger partial charge in [-0.15, -0.1) is 0 Å². The van der Waals surface area contributed by atoms with Crippen molar-refractivity contribution in [3.05, 3.63) is 60.5 Å². The van der Waals surface area contributed by atoms with Crippen molar-refractivity contribution >= 4 is 17.8 Å². The van der Waals surface area contributed by atoms with Crippen LogP contribution in [0.5, 0.6) is 5.75 Å². The maximum absolute atomic E-state index is 13.5. The van der Waals surface area contributed by atoms with Crippen LogP contribution in [-0.4, -0.2) is 60.2 Å². The van der Waals surface area contributed by atoms with Gasteiger partial charge in [-0.25, -0.2) is 9.37 Å². The third kappa shape index (κ3) is 6.20. The molecule has 0 spiro atoms. The first-order valence-electron chi connectivity index (χ1n) is 10.9. The van der Waals surface area contributed by atoms with Gasteiger partial charge in [0.2, 0.25) is 17.8 Å². The molecule has 0 aliphatic heterocycles. The molecule has 34 heavy (non-hydrogen) atoms. The number of nitrogens with zero attached hydrogens (tertiary/aromatic N) is 3. The molecule has 0 saturated heterocycles. The third-order valence-corrected chi connectivity index (χ3v) is 5.15. The number of carbonyl (C=O) groups is 2. The minimum Gasteiger partial charge on any atom is -0.497 e. The van der Waals surface area contributed by atoms with Gasteiger partial charge in [0, 0.05) is 37.0 Å². The second kappa shape index (κ2) is 11.4. The van der Waals surface area contributed by atoms with Crippen LogP contribution in [0.3, 0.4) is 0 Å². The van der Waals surface area contributed by atoms with Gasteiger partial charge in [0.1, 0.15) is 18.1 Å². The van der Waals surface area contributed by atoms with Crippen LogP contribution in [0.2, 0.25) is 0 Å². The van der Waals surface area contributed by atoms with Crippen LogP contribution in [0, 0.1) is 11.7 Å².